The van der Waals surface area contributed by atoms with Gasteiger partial charge in [0.1, 0.15) is 13.5 Å². The van der Waals surface area contributed by atoms with Crippen molar-refractivity contribution in [1.82, 2.24) is 9.80 Å². The first-order valence-corrected chi connectivity index (χ1v) is 9.52. The van der Waals surface area contributed by atoms with Gasteiger partial charge in [-0.1, -0.05) is 27.7 Å². The lowest BCUT2D eigenvalue weighted by atomic mass is 9.86. The fourth-order valence-electron chi connectivity index (χ4n) is 3.41. The maximum absolute atomic E-state index is 6.39. The number of rotatable bonds is 2. The van der Waals surface area contributed by atoms with Crippen molar-refractivity contribution in [2.24, 2.45) is 10.8 Å². The monoisotopic (exact) mass is 356 g/mol. The zero-order chi connectivity index (χ0) is 19.3. The third kappa shape index (κ3) is 4.95. The Labute approximate surface area is 155 Å². The predicted octanol–water partition coefficient (Wildman–Crippen LogP) is 3.88. The van der Waals surface area contributed by atoms with Crippen LogP contribution in [0, 0.1) is 10.8 Å². The third-order valence-corrected chi connectivity index (χ3v) is 5.38. The number of hydrogen-bond donors (Lipinski definition) is 0. The molecule has 2 fully saturated rings. The molecule has 0 bridgehead atoms. The highest BCUT2D eigenvalue weighted by atomic mass is 16.8. The summed E-state index contributed by atoms with van der Waals surface area (Å²) in [5, 5.41) is 0. The van der Waals surface area contributed by atoms with Crippen LogP contribution in [0.1, 0.15) is 69.2 Å². The first-order valence-electron chi connectivity index (χ1n) is 9.52. The van der Waals surface area contributed by atoms with E-state index in [1.165, 1.54) is 0 Å². The molecule has 25 heavy (non-hydrogen) atoms. The second-order valence-corrected chi connectivity index (χ2v) is 11.1. The maximum Gasteiger partial charge on any atom is 0.168 e. The Hall–Kier alpha value is -0.200. The number of hydrogen-bond acceptors (Lipinski definition) is 5. The molecular weight excluding hydrogens is 316 g/mol. The fraction of sp³-hybridized carbons (Fsp3) is 1.00. The summed E-state index contributed by atoms with van der Waals surface area (Å²) in [5.74, 6) is 0. The van der Waals surface area contributed by atoms with Gasteiger partial charge >= 0.3 is 0 Å². The van der Waals surface area contributed by atoms with E-state index in [1.807, 2.05) is 0 Å². The minimum Gasteiger partial charge on any atom is -0.337 e. The molecule has 0 amide bonds. The molecule has 0 aromatic heterocycles. The van der Waals surface area contributed by atoms with E-state index in [0.29, 0.717) is 13.5 Å². The summed E-state index contributed by atoms with van der Waals surface area (Å²) >= 11 is 0. The van der Waals surface area contributed by atoms with Crippen molar-refractivity contribution in [3.05, 3.63) is 0 Å². The van der Waals surface area contributed by atoms with Gasteiger partial charge in [-0.05, 0) is 41.5 Å². The van der Waals surface area contributed by atoms with Crippen LogP contribution in [0.3, 0.4) is 0 Å². The van der Waals surface area contributed by atoms with Crippen LogP contribution in [0.4, 0.5) is 0 Å². The normalized spacial score (nSPS) is 31.9. The maximum atomic E-state index is 6.39. The van der Waals surface area contributed by atoms with E-state index in [9.17, 15) is 0 Å². The van der Waals surface area contributed by atoms with Crippen molar-refractivity contribution in [2.75, 3.05) is 26.6 Å². The first-order chi connectivity index (χ1) is 11.1. The average molecular weight is 357 g/mol. The van der Waals surface area contributed by atoms with Gasteiger partial charge in [0.15, 0.2) is 12.6 Å². The molecule has 2 aliphatic heterocycles. The molecular formula is C20H40N2O3. The van der Waals surface area contributed by atoms with Gasteiger partial charge in [-0.3, -0.25) is 9.80 Å². The summed E-state index contributed by atoms with van der Waals surface area (Å²) in [6.07, 6.45) is -0.506. The molecule has 0 N–H and O–H groups in total. The Morgan fingerprint density at radius 2 is 1.04 bits per heavy atom. The summed E-state index contributed by atoms with van der Waals surface area (Å²) in [4.78, 5) is 4.72. The molecule has 2 saturated heterocycles. The first kappa shape index (κ1) is 21.1. The quantitative estimate of drug-likeness (QED) is 0.750. The summed E-state index contributed by atoms with van der Waals surface area (Å²) in [5.41, 5.74) is 0.00435. The summed E-state index contributed by atoms with van der Waals surface area (Å²) in [6.45, 7) is 25.3. The van der Waals surface area contributed by atoms with Crippen LogP contribution in [0.2, 0.25) is 0 Å². The van der Waals surface area contributed by atoms with E-state index in [0.717, 1.165) is 13.1 Å². The van der Waals surface area contributed by atoms with Gasteiger partial charge in [-0.15, -0.1) is 0 Å². The lowest BCUT2D eigenvalue weighted by Gasteiger charge is -2.52. The Morgan fingerprint density at radius 3 is 1.28 bits per heavy atom. The van der Waals surface area contributed by atoms with E-state index in [1.54, 1.807) is 0 Å². The van der Waals surface area contributed by atoms with Crippen molar-refractivity contribution < 1.29 is 14.2 Å². The number of nitrogens with zero attached hydrogens (tertiary/aromatic N) is 2. The van der Waals surface area contributed by atoms with E-state index in [4.69, 9.17) is 14.2 Å². The molecule has 5 heteroatoms. The summed E-state index contributed by atoms with van der Waals surface area (Å²) in [7, 11) is 0. The molecule has 0 aliphatic carbocycles. The van der Waals surface area contributed by atoms with Gasteiger partial charge < -0.3 is 14.2 Å². The topological polar surface area (TPSA) is 34.2 Å². The third-order valence-electron chi connectivity index (χ3n) is 5.38. The van der Waals surface area contributed by atoms with Crippen LogP contribution in [-0.4, -0.2) is 60.0 Å². The summed E-state index contributed by atoms with van der Waals surface area (Å²) in [6, 6.07) is 0. The molecule has 2 atom stereocenters. The molecule has 0 aromatic rings. The van der Waals surface area contributed by atoms with Crippen molar-refractivity contribution in [2.45, 2.75) is 92.9 Å². The second-order valence-electron chi connectivity index (χ2n) is 11.1. The highest BCUT2D eigenvalue weighted by Crippen LogP contribution is 2.39. The second kappa shape index (κ2) is 6.75. The smallest absolute Gasteiger partial charge is 0.168 e. The van der Waals surface area contributed by atoms with Gasteiger partial charge in [0.05, 0.1) is 0 Å². The zero-order valence-electron chi connectivity index (χ0n) is 18.1. The van der Waals surface area contributed by atoms with E-state index >= 15 is 0 Å². The fourth-order valence-corrected chi connectivity index (χ4v) is 3.41. The largest absolute Gasteiger partial charge is 0.337 e. The molecule has 0 radical (unpaired) electrons. The molecule has 5 nitrogen and oxygen atoms in total. The van der Waals surface area contributed by atoms with E-state index in [-0.39, 0.29) is 34.5 Å². The highest BCUT2D eigenvalue weighted by molar-refractivity contribution is 4.90. The van der Waals surface area contributed by atoms with Crippen LogP contribution in [0.15, 0.2) is 0 Å². The lowest BCUT2D eigenvalue weighted by Crippen LogP contribution is -2.61. The van der Waals surface area contributed by atoms with Crippen molar-refractivity contribution in [3.8, 4) is 0 Å². The van der Waals surface area contributed by atoms with Crippen LogP contribution < -0.4 is 0 Å². The molecule has 0 saturated carbocycles. The molecule has 2 aliphatic rings. The van der Waals surface area contributed by atoms with E-state index < -0.39 is 0 Å². The molecule has 2 unspecified atom stereocenters. The van der Waals surface area contributed by atoms with Gasteiger partial charge in [0.25, 0.3) is 0 Å². The standard InChI is InChI=1S/C20H40N2O3/c1-17(2,3)21-11-19(7,8)15(23-13-21)25-16-20(9,10)12-22(14-24-16)18(4,5)6/h15-16H,11-14H2,1-10H3. The van der Waals surface area contributed by atoms with Crippen LogP contribution in [0.25, 0.3) is 0 Å². The average Bonchev–Trinajstić information content (AvgIpc) is 2.39. The Balaban J connectivity index is 2.03. The minimum absolute atomic E-state index is 0.0911. The molecule has 2 rings (SSSR count). The SMILES string of the molecule is CC1(C)CN(C(C)(C)C)COC1OC1OCN(C(C)(C)C)CC1(C)C. The molecule has 2 heterocycles. The van der Waals surface area contributed by atoms with Gasteiger partial charge in [0.2, 0.25) is 0 Å². The van der Waals surface area contributed by atoms with Crippen LogP contribution in [0.5, 0.6) is 0 Å². The van der Waals surface area contributed by atoms with Crippen molar-refractivity contribution >= 4 is 0 Å². The van der Waals surface area contributed by atoms with Crippen molar-refractivity contribution in [3.63, 3.8) is 0 Å². The van der Waals surface area contributed by atoms with E-state index in [2.05, 4.69) is 79.0 Å². The molecule has 0 aromatic carbocycles. The summed E-state index contributed by atoms with van der Waals surface area (Å²) < 4.78 is 18.7. The highest BCUT2D eigenvalue weighted by Gasteiger charge is 2.47. The van der Waals surface area contributed by atoms with Crippen LogP contribution in [-0.2, 0) is 14.2 Å². The minimum atomic E-state index is -0.253. The number of ether oxygens (including phenoxy) is 3. The zero-order valence-corrected chi connectivity index (χ0v) is 18.1. The molecule has 148 valence electrons. The van der Waals surface area contributed by atoms with Crippen LogP contribution >= 0.6 is 0 Å². The van der Waals surface area contributed by atoms with Crippen molar-refractivity contribution in [1.29, 1.82) is 0 Å². The van der Waals surface area contributed by atoms with Gasteiger partial charge in [-0.25, -0.2) is 0 Å². The Kier molecular flexibility index (Phi) is 5.70. The Bertz CT molecular complexity index is 421. The lowest BCUT2D eigenvalue weighted by molar-refractivity contribution is -0.355. The van der Waals surface area contributed by atoms with Gasteiger partial charge in [-0.2, -0.15) is 0 Å². The molecule has 0 spiro atoms. The predicted molar refractivity (Wildman–Crippen MR) is 101 cm³/mol. The Morgan fingerprint density at radius 1 is 0.720 bits per heavy atom. The van der Waals surface area contributed by atoms with Gasteiger partial charge in [0, 0.05) is 35.0 Å².